The van der Waals surface area contributed by atoms with E-state index in [9.17, 15) is 5.11 Å². The maximum Gasteiger partial charge on any atom is 0.0902 e. The summed E-state index contributed by atoms with van der Waals surface area (Å²) >= 11 is 0. The number of anilines is 3. The van der Waals surface area contributed by atoms with E-state index in [2.05, 4.69) is 145 Å². The Morgan fingerprint density at radius 2 is 0.805 bits per heavy atom. The summed E-state index contributed by atoms with van der Waals surface area (Å²) in [4.78, 5) is 2.31. The van der Waals surface area contributed by atoms with Gasteiger partial charge in [0, 0.05) is 24.2 Å². The van der Waals surface area contributed by atoms with Crippen molar-refractivity contribution in [2.24, 2.45) is 0 Å². The van der Waals surface area contributed by atoms with E-state index < -0.39 is 11.2 Å². The summed E-state index contributed by atoms with van der Waals surface area (Å²) in [5, 5.41) is 9.42. The zero-order chi connectivity index (χ0) is 29.5. The number of nitrogens with zero attached hydrogens (tertiary/aromatic N) is 1. The first-order valence-corrected chi connectivity index (χ1v) is 14.0. The van der Waals surface area contributed by atoms with Gasteiger partial charge in [-0.25, -0.2) is 0 Å². The van der Waals surface area contributed by atoms with E-state index in [1.165, 1.54) is 27.8 Å². The molecule has 1 N–H and O–H groups in total. The molecule has 0 amide bonds. The molecule has 0 atom stereocenters. The number of hydrogen-bond donors (Lipinski definition) is 1. The third-order valence-corrected chi connectivity index (χ3v) is 7.74. The second-order valence-corrected chi connectivity index (χ2v) is 11.3. The fourth-order valence-electron chi connectivity index (χ4n) is 4.26. The van der Waals surface area contributed by atoms with Gasteiger partial charge in [-0.2, -0.15) is 0 Å². The molecule has 3 heteroatoms. The van der Waals surface area contributed by atoms with Crippen molar-refractivity contribution in [2.75, 3.05) is 12.0 Å². The Morgan fingerprint density at radius 1 is 0.488 bits per heavy atom. The second kappa shape index (κ2) is 13.0. The Labute approximate surface area is 245 Å². The fraction of sp³-hybridized carbons (Fsp3) is 0.211. The lowest BCUT2D eigenvalue weighted by molar-refractivity contribution is -0.129. The number of aliphatic hydroxyl groups is 1. The molecule has 0 aliphatic heterocycles. The van der Waals surface area contributed by atoms with Crippen molar-refractivity contribution in [1.29, 1.82) is 0 Å². The minimum absolute atomic E-state index is 0.465. The molecule has 41 heavy (non-hydrogen) atoms. The summed E-state index contributed by atoms with van der Waals surface area (Å²) in [6, 6.07) is 47.3. The fourth-order valence-corrected chi connectivity index (χ4v) is 4.26. The molecule has 0 aliphatic rings. The third kappa shape index (κ3) is 7.52. The lowest BCUT2D eigenvalue weighted by Gasteiger charge is -2.35. The number of benzene rings is 5. The summed E-state index contributed by atoms with van der Waals surface area (Å²) in [6.07, 6.45) is 0. The van der Waals surface area contributed by atoms with E-state index in [1.54, 1.807) is 21.0 Å². The predicted octanol–water partition coefficient (Wildman–Crippen LogP) is 9.98. The molecular formula is C38H41NO2. The highest BCUT2D eigenvalue weighted by Gasteiger charge is 2.34. The van der Waals surface area contributed by atoms with Crippen LogP contribution < -0.4 is 4.90 Å². The number of aryl methyl sites for hydroxylation is 1. The summed E-state index contributed by atoms with van der Waals surface area (Å²) in [7, 11) is 1.60. The van der Waals surface area contributed by atoms with Crippen LogP contribution in [-0.2, 0) is 4.74 Å². The molecule has 210 valence electrons. The Balaban J connectivity index is 0.000000374. The maximum atomic E-state index is 9.42. The van der Waals surface area contributed by atoms with Crippen molar-refractivity contribution in [3.05, 3.63) is 139 Å². The molecule has 0 bridgehead atoms. The molecule has 0 aliphatic carbocycles. The van der Waals surface area contributed by atoms with E-state index in [0.29, 0.717) is 0 Å². The van der Waals surface area contributed by atoms with Gasteiger partial charge in [-0.1, -0.05) is 103 Å². The Morgan fingerprint density at radius 3 is 1.10 bits per heavy atom. The van der Waals surface area contributed by atoms with Crippen LogP contribution in [0.25, 0.3) is 22.3 Å². The normalized spacial score (nSPS) is 11.4. The molecule has 0 fully saturated rings. The van der Waals surface area contributed by atoms with Gasteiger partial charge in [-0.3, -0.25) is 0 Å². The van der Waals surface area contributed by atoms with Crippen LogP contribution in [-0.4, -0.2) is 23.4 Å². The molecule has 0 radical (unpaired) electrons. The SMILES string of the molecule is COC(C)(C)C(C)(C)O.Cc1ccc(N(c2ccc(-c3ccccc3)cc2)c2ccc(-c3ccccc3)cc2)cc1. The molecule has 0 saturated carbocycles. The van der Waals surface area contributed by atoms with E-state index in [-0.39, 0.29) is 0 Å². The summed E-state index contributed by atoms with van der Waals surface area (Å²) in [6.45, 7) is 9.30. The van der Waals surface area contributed by atoms with Crippen LogP contribution in [0.2, 0.25) is 0 Å². The molecule has 5 aromatic carbocycles. The van der Waals surface area contributed by atoms with Gasteiger partial charge in [0.1, 0.15) is 0 Å². The average molecular weight is 544 g/mol. The minimum atomic E-state index is -0.776. The van der Waals surface area contributed by atoms with Crippen LogP contribution in [0.15, 0.2) is 133 Å². The van der Waals surface area contributed by atoms with Crippen LogP contribution in [0.3, 0.4) is 0 Å². The maximum absolute atomic E-state index is 9.42. The Kier molecular flexibility index (Phi) is 9.44. The summed E-state index contributed by atoms with van der Waals surface area (Å²) in [5.41, 5.74) is 8.34. The van der Waals surface area contributed by atoms with Crippen molar-refractivity contribution in [1.82, 2.24) is 0 Å². The third-order valence-electron chi connectivity index (χ3n) is 7.74. The summed E-state index contributed by atoms with van der Waals surface area (Å²) in [5.74, 6) is 0. The highest BCUT2D eigenvalue weighted by molar-refractivity contribution is 5.79. The first-order valence-electron chi connectivity index (χ1n) is 14.0. The van der Waals surface area contributed by atoms with E-state index >= 15 is 0 Å². The Bertz CT molecular complexity index is 1400. The van der Waals surface area contributed by atoms with Crippen molar-refractivity contribution in [2.45, 2.75) is 45.8 Å². The van der Waals surface area contributed by atoms with Crippen LogP contribution in [0, 0.1) is 6.92 Å². The van der Waals surface area contributed by atoms with Crippen molar-refractivity contribution >= 4 is 17.1 Å². The van der Waals surface area contributed by atoms with Crippen molar-refractivity contribution in [3.63, 3.8) is 0 Å². The highest BCUT2D eigenvalue weighted by atomic mass is 16.5. The number of ether oxygens (including phenoxy) is 1. The van der Waals surface area contributed by atoms with Crippen molar-refractivity contribution in [3.8, 4) is 22.3 Å². The number of hydrogen-bond acceptors (Lipinski definition) is 3. The molecule has 0 heterocycles. The Hall–Kier alpha value is -4.18. The van der Waals surface area contributed by atoms with E-state index in [1.807, 2.05) is 13.8 Å². The van der Waals surface area contributed by atoms with Crippen LogP contribution in [0.5, 0.6) is 0 Å². The van der Waals surface area contributed by atoms with E-state index in [0.717, 1.165) is 17.1 Å². The lowest BCUT2D eigenvalue weighted by atomic mass is 9.90. The van der Waals surface area contributed by atoms with Gasteiger partial charge in [-0.15, -0.1) is 0 Å². The van der Waals surface area contributed by atoms with Gasteiger partial charge >= 0.3 is 0 Å². The molecule has 0 spiro atoms. The van der Waals surface area contributed by atoms with Gasteiger partial charge in [0.15, 0.2) is 0 Å². The molecular weight excluding hydrogens is 502 g/mol. The molecule has 0 unspecified atom stereocenters. The average Bonchev–Trinajstić information content (AvgIpc) is 3.00. The molecule has 0 aromatic heterocycles. The zero-order valence-corrected chi connectivity index (χ0v) is 25.0. The van der Waals surface area contributed by atoms with Gasteiger partial charge in [0.05, 0.1) is 11.2 Å². The predicted molar refractivity (Wildman–Crippen MR) is 174 cm³/mol. The first-order chi connectivity index (χ1) is 19.6. The minimum Gasteiger partial charge on any atom is -0.387 e. The topological polar surface area (TPSA) is 32.7 Å². The lowest BCUT2D eigenvalue weighted by Crippen LogP contribution is -2.46. The largest absolute Gasteiger partial charge is 0.387 e. The number of rotatable bonds is 7. The summed E-state index contributed by atoms with van der Waals surface area (Å²) < 4.78 is 5.05. The van der Waals surface area contributed by atoms with E-state index in [4.69, 9.17) is 4.74 Å². The van der Waals surface area contributed by atoms with Gasteiger partial charge in [-0.05, 0) is 93.3 Å². The zero-order valence-electron chi connectivity index (χ0n) is 25.0. The van der Waals surface area contributed by atoms with Crippen LogP contribution >= 0.6 is 0 Å². The van der Waals surface area contributed by atoms with Gasteiger partial charge in [0.25, 0.3) is 0 Å². The first kappa shape index (κ1) is 29.8. The van der Waals surface area contributed by atoms with Crippen molar-refractivity contribution < 1.29 is 9.84 Å². The molecule has 5 rings (SSSR count). The second-order valence-electron chi connectivity index (χ2n) is 11.3. The van der Waals surface area contributed by atoms with Crippen LogP contribution in [0.4, 0.5) is 17.1 Å². The molecule has 0 saturated heterocycles. The van der Waals surface area contributed by atoms with Gasteiger partial charge < -0.3 is 14.7 Å². The molecule has 3 nitrogen and oxygen atoms in total. The smallest absolute Gasteiger partial charge is 0.0902 e. The molecule has 5 aromatic rings. The quantitative estimate of drug-likeness (QED) is 0.222. The van der Waals surface area contributed by atoms with Gasteiger partial charge in [0.2, 0.25) is 0 Å². The monoisotopic (exact) mass is 543 g/mol. The van der Waals surface area contributed by atoms with Crippen LogP contribution in [0.1, 0.15) is 33.3 Å². The highest BCUT2D eigenvalue weighted by Crippen LogP contribution is 2.36. The number of methoxy groups -OCH3 is 1. The standard InChI is InChI=1S/C31H25N.C7H16O2/c1-24-12-18-29(19-13-24)32(30-20-14-27(15-21-30)25-8-4-2-5-9-25)31-22-16-28(17-23-31)26-10-6-3-7-11-26;1-6(2,8)7(3,4)9-5/h2-23H,1H3;8H,1-5H3.